The van der Waals surface area contributed by atoms with Gasteiger partial charge in [0.05, 0.1) is 28.7 Å². The highest BCUT2D eigenvalue weighted by Crippen LogP contribution is 2.19. The van der Waals surface area contributed by atoms with Crippen molar-refractivity contribution in [3.05, 3.63) is 59.9 Å². The zero-order valence-electron chi connectivity index (χ0n) is 15.9. The van der Waals surface area contributed by atoms with Crippen molar-refractivity contribution in [2.24, 2.45) is 7.05 Å². The van der Waals surface area contributed by atoms with Crippen LogP contribution in [0.1, 0.15) is 22.6 Å². The number of hydrogen-bond donors (Lipinski definition) is 3. The highest BCUT2D eigenvalue weighted by molar-refractivity contribution is 6.10. The second-order valence-corrected chi connectivity index (χ2v) is 6.94. The fourth-order valence-electron chi connectivity index (χ4n) is 3.45. The third-order valence-corrected chi connectivity index (χ3v) is 4.99. The van der Waals surface area contributed by atoms with Crippen LogP contribution in [0.25, 0.3) is 11.0 Å². The first-order valence-electron chi connectivity index (χ1n) is 9.40. The molecular weight excluding hydrogens is 370 g/mol. The number of anilines is 1. The van der Waals surface area contributed by atoms with Crippen LogP contribution in [0.2, 0.25) is 0 Å². The average Bonchev–Trinajstić information content (AvgIpc) is 2.97. The summed E-state index contributed by atoms with van der Waals surface area (Å²) < 4.78 is 2.00. The molecule has 3 aromatic rings. The number of nitrogens with zero attached hydrogens (tertiary/aromatic N) is 2. The van der Waals surface area contributed by atoms with Gasteiger partial charge in [0.25, 0.3) is 5.91 Å². The van der Waals surface area contributed by atoms with Crippen LogP contribution in [0.3, 0.4) is 0 Å². The fraction of sp³-hybridized carbons (Fsp3) is 0.238. The summed E-state index contributed by atoms with van der Waals surface area (Å²) in [5, 5.41) is 8.12. The molecule has 8 heteroatoms. The highest BCUT2D eigenvalue weighted by atomic mass is 16.2. The number of imidazole rings is 1. The Morgan fingerprint density at radius 1 is 1.14 bits per heavy atom. The third-order valence-electron chi connectivity index (χ3n) is 4.99. The van der Waals surface area contributed by atoms with E-state index in [2.05, 4.69) is 20.9 Å². The number of nitrogens with one attached hydrogen (secondary N) is 3. The quantitative estimate of drug-likeness (QED) is 0.611. The number of para-hydroxylation sites is 3. The Balaban J connectivity index is 1.34. The van der Waals surface area contributed by atoms with Gasteiger partial charge in [-0.2, -0.15) is 0 Å². The van der Waals surface area contributed by atoms with Crippen LogP contribution in [-0.2, 0) is 23.1 Å². The molecule has 8 nitrogen and oxygen atoms in total. The summed E-state index contributed by atoms with van der Waals surface area (Å²) in [5.74, 6) is -0.233. The Bertz CT molecular complexity index is 1100. The number of amides is 3. The van der Waals surface area contributed by atoms with Crippen LogP contribution in [0.4, 0.5) is 5.69 Å². The van der Waals surface area contributed by atoms with E-state index in [1.165, 1.54) is 0 Å². The monoisotopic (exact) mass is 391 g/mol. The van der Waals surface area contributed by atoms with Gasteiger partial charge in [-0.1, -0.05) is 24.3 Å². The molecule has 0 saturated heterocycles. The molecule has 0 radical (unpaired) electrons. The van der Waals surface area contributed by atoms with E-state index >= 15 is 0 Å². The summed E-state index contributed by atoms with van der Waals surface area (Å²) in [5.41, 5.74) is 2.77. The summed E-state index contributed by atoms with van der Waals surface area (Å²) in [4.78, 5) is 41.6. The second kappa shape index (κ2) is 7.75. The molecule has 2 aromatic carbocycles. The lowest BCUT2D eigenvalue weighted by Crippen LogP contribution is -2.44. The highest BCUT2D eigenvalue weighted by Gasteiger charge is 2.29. The van der Waals surface area contributed by atoms with Gasteiger partial charge in [-0.3, -0.25) is 14.4 Å². The molecule has 1 aliphatic rings. The minimum Gasteiger partial charge on any atom is -0.356 e. The second-order valence-electron chi connectivity index (χ2n) is 6.94. The molecule has 3 N–H and O–H groups in total. The molecular formula is C21H21N5O3. The Morgan fingerprint density at radius 3 is 2.72 bits per heavy atom. The molecule has 1 aliphatic heterocycles. The van der Waals surface area contributed by atoms with E-state index in [1.54, 1.807) is 24.3 Å². The largest absolute Gasteiger partial charge is 0.356 e. The lowest BCUT2D eigenvalue weighted by atomic mass is 10.1. The standard InChI is InChI=1S/C21H21N5O3/c1-26-17-9-5-4-8-15(17)23-18(26)10-11-22-19(27)12-16-21(29)24-14-7-3-2-6-13(14)20(28)25-16/h2-9,16H,10-12H2,1H3,(H,22,27)(H,24,29)(H,25,28)/t16-/m1/s1. The van der Waals surface area contributed by atoms with Crippen molar-refractivity contribution in [3.8, 4) is 0 Å². The van der Waals surface area contributed by atoms with Gasteiger partial charge in [0.1, 0.15) is 11.9 Å². The van der Waals surface area contributed by atoms with Gasteiger partial charge >= 0.3 is 0 Å². The van der Waals surface area contributed by atoms with Crippen molar-refractivity contribution < 1.29 is 14.4 Å². The minimum absolute atomic E-state index is 0.131. The van der Waals surface area contributed by atoms with Crippen LogP contribution in [0.15, 0.2) is 48.5 Å². The number of carbonyl (C=O) groups excluding carboxylic acids is 3. The minimum atomic E-state index is -0.925. The van der Waals surface area contributed by atoms with Gasteiger partial charge in [-0.25, -0.2) is 4.98 Å². The van der Waals surface area contributed by atoms with Crippen molar-refractivity contribution in [2.75, 3.05) is 11.9 Å². The zero-order valence-corrected chi connectivity index (χ0v) is 15.9. The number of carbonyl (C=O) groups is 3. The van der Waals surface area contributed by atoms with E-state index in [0.29, 0.717) is 24.2 Å². The molecule has 1 atom stereocenters. The van der Waals surface area contributed by atoms with E-state index in [-0.39, 0.29) is 18.2 Å². The Labute approximate surface area is 167 Å². The number of aryl methyl sites for hydroxylation is 1. The van der Waals surface area contributed by atoms with Crippen molar-refractivity contribution >= 4 is 34.4 Å². The molecule has 1 aromatic heterocycles. The molecule has 0 spiro atoms. The van der Waals surface area contributed by atoms with Gasteiger partial charge in [0.15, 0.2) is 0 Å². The van der Waals surface area contributed by atoms with Crippen molar-refractivity contribution in [2.45, 2.75) is 18.9 Å². The predicted octanol–water partition coefficient (Wildman–Crippen LogP) is 1.37. The summed E-state index contributed by atoms with van der Waals surface area (Å²) in [6.07, 6.45) is 0.430. The molecule has 0 saturated carbocycles. The molecule has 148 valence electrons. The summed E-state index contributed by atoms with van der Waals surface area (Å²) in [6.45, 7) is 0.387. The first kappa shape index (κ1) is 18.7. The fourth-order valence-corrected chi connectivity index (χ4v) is 3.45. The molecule has 0 aliphatic carbocycles. The van der Waals surface area contributed by atoms with Gasteiger partial charge in [0.2, 0.25) is 11.8 Å². The summed E-state index contributed by atoms with van der Waals surface area (Å²) in [6, 6.07) is 13.7. The van der Waals surface area contributed by atoms with Crippen LogP contribution >= 0.6 is 0 Å². The smallest absolute Gasteiger partial charge is 0.254 e. The zero-order chi connectivity index (χ0) is 20.4. The third kappa shape index (κ3) is 3.82. The lowest BCUT2D eigenvalue weighted by Gasteiger charge is -2.14. The Hall–Kier alpha value is -3.68. The normalized spacial score (nSPS) is 16.0. The molecule has 0 unspecified atom stereocenters. The molecule has 0 fully saturated rings. The number of aromatic nitrogens is 2. The Kier molecular flexibility index (Phi) is 4.99. The van der Waals surface area contributed by atoms with Crippen LogP contribution in [-0.4, -0.2) is 39.9 Å². The van der Waals surface area contributed by atoms with Crippen molar-refractivity contribution in [3.63, 3.8) is 0 Å². The molecule has 2 heterocycles. The molecule has 4 rings (SSSR count). The lowest BCUT2D eigenvalue weighted by molar-refractivity contribution is -0.125. The van der Waals surface area contributed by atoms with Gasteiger partial charge in [-0.05, 0) is 24.3 Å². The predicted molar refractivity (Wildman–Crippen MR) is 108 cm³/mol. The van der Waals surface area contributed by atoms with Gasteiger partial charge in [-0.15, -0.1) is 0 Å². The average molecular weight is 391 g/mol. The first-order chi connectivity index (χ1) is 14.0. The van der Waals surface area contributed by atoms with E-state index in [0.717, 1.165) is 16.9 Å². The summed E-state index contributed by atoms with van der Waals surface area (Å²) in [7, 11) is 1.94. The summed E-state index contributed by atoms with van der Waals surface area (Å²) >= 11 is 0. The number of rotatable bonds is 5. The van der Waals surface area contributed by atoms with E-state index in [9.17, 15) is 14.4 Å². The maximum absolute atomic E-state index is 12.4. The van der Waals surface area contributed by atoms with E-state index in [1.807, 2.05) is 35.9 Å². The van der Waals surface area contributed by atoms with E-state index < -0.39 is 11.9 Å². The van der Waals surface area contributed by atoms with Gasteiger partial charge < -0.3 is 20.5 Å². The van der Waals surface area contributed by atoms with Crippen LogP contribution in [0, 0.1) is 0 Å². The Morgan fingerprint density at radius 2 is 1.90 bits per heavy atom. The molecule has 3 amide bonds. The number of hydrogen-bond acceptors (Lipinski definition) is 4. The van der Waals surface area contributed by atoms with E-state index in [4.69, 9.17) is 0 Å². The first-order valence-corrected chi connectivity index (χ1v) is 9.40. The molecule has 29 heavy (non-hydrogen) atoms. The van der Waals surface area contributed by atoms with Crippen molar-refractivity contribution in [1.82, 2.24) is 20.2 Å². The van der Waals surface area contributed by atoms with Gasteiger partial charge in [0, 0.05) is 20.0 Å². The maximum Gasteiger partial charge on any atom is 0.254 e. The molecule has 0 bridgehead atoms. The maximum atomic E-state index is 12.4. The van der Waals surface area contributed by atoms with Crippen LogP contribution < -0.4 is 16.0 Å². The van der Waals surface area contributed by atoms with Crippen LogP contribution in [0.5, 0.6) is 0 Å². The van der Waals surface area contributed by atoms with Crippen molar-refractivity contribution in [1.29, 1.82) is 0 Å². The number of fused-ring (bicyclic) bond motifs is 2. The number of benzene rings is 2. The SMILES string of the molecule is Cn1c(CCNC(=O)C[C@H]2NC(=O)c3ccccc3NC2=O)nc2ccccc21. The topological polar surface area (TPSA) is 105 Å².